The van der Waals surface area contributed by atoms with Gasteiger partial charge in [0.2, 0.25) is 0 Å². The molecule has 0 unspecified atom stereocenters. The standard InChI is InChI=1S/C26H24FN7O/c1-17-9-19(6-8-29-17)12-28-13-20(10-18(2)35-3)14-32-26-24(27)25(33-16-34-26)22-11-21-5-4-7-30-23(21)15-31-22/h4-11,13,15-16H,2,12,14H2,1,3H3,(H,32,33,34)/b20-10+,28-13-. The van der Waals surface area contributed by atoms with Crippen LogP contribution in [0.3, 0.4) is 0 Å². The van der Waals surface area contributed by atoms with E-state index in [2.05, 4.69) is 41.8 Å². The molecule has 0 bridgehead atoms. The number of halogens is 1. The van der Waals surface area contributed by atoms with Crippen LogP contribution in [-0.2, 0) is 11.3 Å². The van der Waals surface area contributed by atoms with Crippen molar-refractivity contribution in [3.8, 4) is 11.4 Å². The fourth-order valence-corrected chi connectivity index (χ4v) is 3.33. The zero-order valence-corrected chi connectivity index (χ0v) is 19.4. The Labute approximate surface area is 202 Å². The molecule has 0 aliphatic heterocycles. The molecule has 1 N–H and O–H groups in total. The second-order valence-corrected chi connectivity index (χ2v) is 7.67. The summed E-state index contributed by atoms with van der Waals surface area (Å²) < 4.78 is 20.5. The molecular weight excluding hydrogens is 445 g/mol. The van der Waals surface area contributed by atoms with Crippen LogP contribution < -0.4 is 5.32 Å². The number of allylic oxidation sites excluding steroid dienone is 1. The fourth-order valence-electron chi connectivity index (χ4n) is 3.33. The largest absolute Gasteiger partial charge is 0.497 e. The number of nitrogens with zero attached hydrogens (tertiary/aromatic N) is 6. The first-order valence-electron chi connectivity index (χ1n) is 10.8. The number of pyridine rings is 3. The van der Waals surface area contributed by atoms with Crippen LogP contribution in [0.1, 0.15) is 11.3 Å². The number of aromatic nitrogens is 5. The lowest BCUT2D eigenvalue weighted by atomic mass is 10.2. The number of methoxy groups -OCH3 is 1. The van der Waals surface area contributed by atoms with Gasteiger partial charge in [0.25, 0.3) is 0 Å². The van der Waals surface area contributed by atoms with Crippen LogP contribution in [0, 0.1) is 12.7 Å². The first kappa shape index (κ1) is 23.6. The van der Waals surface area contributed by atoms with Gasteiger partial charge in [0.1, 0.15) is 17.8 Å². The number of hydrogen-bond donors (Lipinski definition) is 1. The van der Waals surface area contributed by atoms with Crippen molar-refractivity contribution in [2.24, 2.45) is 4.99 Å². The first-order chi connectivity index (χ1) is 17.0. The second kappa shape index (κ2) is 11.1. The van der Waals surface area contributed by atoms with E-state index in [4.69, 9.17) is 4.74 Å². The molecule has 4 heterocycles. The number of nitrogens with one attached hydrogen (secondary N) is 1. The number of hydrogen-bond acceptors (Lipinski definition) is 8. The summed E-state index contributed by atoms with van der Waals surface area (Å²) in [6, 6.07) is 9.34. The third-order valence-electron chi connectivity index (χ3n) is 5.08. The van der Waals surface area contributed by atoms with Gasteiger partial charge in [-0.25, -0.2) is 14.4 Å². The Hall–Kier alpha value is -4.53. The molecule has 0 amide bonds. The maximum absolute atomic E-state index is 15.3. The van der Waals surface area contributed by atoms with Crippen LogP contribution in [-0.4, -0.2) is 44.8 Å². The smallest absolute Gasteiger partial charge is 0.193 e. The van der Waals surface area contributed by atoms with Crippen molar-refractivity contribution in [1.29, 1.82) is 0 Å². The minimum atomic E-state index is -0.600. The number of fused-ring (bicyclic) bond motifs is 1. The Morgan fingerprint density at radius 1 is 1.14 bits per heavy atom. The summed E-state index contributed by atoms with van der Waals surface area (Å²) in [4.78, 5) is 25.4. The molecule has 9 heteroatoms. The molecule has 0 saturated carbocycles. The summed E-state index contributed by atoms with van der Waals surface area (Å²) in [6.45, 7) is 6.48. The topological polar surface area (TPSA) is 98.1 Å². The summed E-state index contributed by atoms with van der Waals surface area (Å²) in [5.74, 6) is -0.0987. The number of rotatable bonds is 9. The Morgan fingerprint density at radius 3 is 2.86 bits per heavy atom. The maximum Gasteiger partial charge on any atom is 0.193 e. The molecule has 0 atom stereocenters. The minimum Gasteiger partial charge on any atom is -0.497 e. The summed E-state index contributed by atoms with van der Waals surface area (Å²) in [7, 11) is 1.53. The molecule has 176 valence electrons. The molecular formula is C26H24FN7O. The summed E-state index contributed by atoms with van der Waals surface area (Å²) in [6.07, 6.45) is 9.75. The van der Waals surface area contributed by atoms with Gasteiger partial charge in [-0.15, -0.1) is 0 Å². The van der Waals surface area contributed by atoms with Gasteiger partial charge < -0.3 is 10.1 Å². The van der Waals surface area contributed by atoms with E-state index in [9.17, 15) is 0 Å². The van der Waals surface area contributed by atoms with Gasteiger partial charge in [0.15, 0.2) is 11.6 Å². The van der Waals surface area contributed by atoms with Crippen LogP contribution >= 0.6 is 0 Å². The number of anilines is 1. The Morgan fingerprint density at radius 2 is 2.03 bits per heavy atom. The number of aryl methyl sites for hydroxylation is 1. The molecule has 0 saturated heterocycles. The molecule has 4 rings (SSSR count). The third-order valence-corrected chi connectivity index (χ3v) is 5.08. The molecule has 0 aliphatic rings. The highest BCUT2D eigenvalue weighted by Gasteiger charge is 2.15. The summed E-state index contributed by atoms with van der Waals surface area (Å²) >= 11 is 0. The van der Waals surface area contributed by atoms with E-state index in [1.807, 2.05) is 31.2 Å². The summed E-state index contributed by atoms with van der Waals surface area (Å²) in [5, 5.41) is 3.86. The van der Waals surface area contributed by atoms with E-state index in [0.717, 1.165) is 27.7 Å². The average Bonchev–Trinajstić information content (AvgIpc) is 2.87. The van der Waals surface area contributed by atoms with Crippen molar-refractivity contribution < 1.29 is 9.13 Å². The monoisotopic (exact) mass is 469 g/mol. The van der Waals surface area contributed by atoms with E-state index in [0.29, 0.717) is 18.0 Å². The third kappa shape index (κ3) is 6.08. The summed E-state index contributed by atoms with van der Waals surface area (Å²) in [5.41, 5.74) is 3.91. The van der Waals surface area contributed by atoms with Crippen molar-refractivity contribution in [3.63, 3.8) is 0 Å². The van der Waals surface area contributed by atoms with Crippen LogP contribution in [0.2, 0.25) is 0 Å². The number of aliphatic imine (C=N–C) groups is 1. The maximum atomic E-state index is 15.3. The van der Waals surface area contributed by atoms with Gasteiger partial charge >= 0.3 is 0 Å². The van der Waals surface area contributed by atoms with Gasteiger partial charge in [0, 0.05) is 36.2 Å². The fraction of sp³-hybridized carbons (Fsp3) is 0.154. The normalized spacial score (nSPS) is 11.7. The minimum absolute atomic E-state index is 0.0511. The van der Waals surface area contributed by atoms with E-state index in [1.54, 1.807) is 36.9 Å². The van der Waals surface area contributed by atoms with E-state index >= 15 is 4.39 Å². The van der Waals surface area contributed by atoms with E-state index < -0.39 is 5.82 Å². The highest BCUT2D eigenvalue weighted by atomic mass is 19.1. The average molecular weight is 470 g/mol. The molecule has 4 aromatic heterocycles. The Balaban J connectivity index is 1.52. The van der Waals surface area contributed by atoms with Crippen molar-refractivity contribution in [2.45, 2.75) is 13.5 Å². The van der Waals surface area contributed by atoms with Crippen LogP contribution in [0.15, 0.2) is 84.2 Å². The molecule has 0 spiro atoms. The lowest BCUT2D eigenvalue weighted by molar-refractivity contribution is 0.308. The molecule has 0 aromatic carbocycles. The van der Waals surface area contributed by atoms with Crippen molar-refractivity contribution in [2.75, 3.05) is 19.0 Å². The van der Waals surface area contributed by atoms with Gasteiger partial charge in [-0.3, -0.25) is 19.9 Å². The second-order valence-electron chi connectivity index (χ2n) is 7.67. The predicted molar refractivity (Wildman–Crippen MR) is 134 cm³/mol. The van der Waals surface area contributed by atoms with Crippen LogP contribution in [0.4, 0.5) is 10.2 Å². The van der Waals surface area contributed by atoms with Gasteiger partial charge in [-0.2, -0.15) is 0 Å². The quantitative estimate of drug-likeness (QED) is 0.216. The molecule has 35 heavy (non-hydrogen) atoms. The van der Waals surface area contributed by atoms with Crippen molar-refractivity contribution in [3.05, 3.63) is 96.3 Å². The highest BCUT2D eigenvalue weighted by molar-refractivity contribution is 5.82. The van der Waals surface area contributed by atoms with Crippen LogP contribution in [0.5, 0.6) is 0 Å². The first-order valence-corrected chi connectivity index (χ1v) is 10.8. The molecule has 4 aromatic rings. The zero-order valence-electron chi connectivity index (χ0n) is 19.4. The zero-order chi connectivity index (χ0) is 24.6. The van der Waals surface area contributed by atoms with Crippen molar-refractivity contribution >= 4 is 22.9 Å². The SMILES string of the molecule is C=C(/C=C(\C=N/Cc1ccnc(C)c1)CNc1ncnc(-c2cc3cccnc3cn2)c1F)OC. The van der Waals surface area contributed by atoms with Crippen molar-refractivity contribution in [1.82, 2.24) is 24.9 Å². The van der Waals surface area contributed by atoms with Gasteiger partial charge in [0.05, 0.1) is 31.1 Å². The Kier molecular flexibility index (Phi) is 7.47. The number of ether oxygens (including phenoxy) is 1. The predicted octanol–water partition coefficient (Wildman–Crippen LogP) is 4.70. The molecule has 0 aliphatic carbocycles. The van der Waals surface area contributed by atoms with Gasteiger partial charge in [-0.1, -0.05) is 12.6 Å². The lowest BCUT2D eigenvalue weighted by Gasteiger charge is -2.10. The highest BCUT2D eigenvalue weighted by Crippen LogP contribution is 2.24. The molecule has 0 radical (unpaired) electrons. The van der Waals surface area contributed by atoms with E-state index in [-0.39, 0.29) is 18.1 Å². The Bertz CT molecular complexity index is 1420. The van der Waals surface area contributed by atoms with Crippen LogP contribution in [0.25, 0.3) is 22.3 Å². The molecule has 0 fully saturated rings. The van der Waals surface area contributed by atoms with E-state index in [1.165, 1.54) is 13.4 Å². The van der Waals surface area contributed by atoms with Gasteiger partial charge in [-0.05, 0) is 48.4 Å². The lowest BCUT2D eigenvalue weighted by Crippen LogP contribution is -2.11. The molecule has 8 nitrogen and oxygen atoms in total.